The van der Waals surface area contributed by atoms with Crippen LogP contribution in [0.3, 0.4) is 0 Å². The van der Waals surface area contributed by atoms with Gasteiger partial charge in [0.05, 0.1) is 6.42 Å². The molecule has 0 spiro atoms. The molecule has 0 aliphatic carbocycles. The average molecular weight is 197 g/mol. The standard InChI is InChI=1S/C10H15NO3/c1-3-5-8(7-10(13)14)11-9(12)6-4-2/h8H,3,5,7H2,1-2H3,(H,11,12)(H,13,14). The quantitative estimate of drug-likeness (QED) is 0.640. The number of rotatable bonds is 5. The van der Waals surface area contributed by atoms with Crippen molar-refractivity contribution in [3.05, 3.63) is 0 Å². The predicted octanol–water partition coefficient (Wildman–Crippen LogP) is 0.769. The highest BCUT2D eigenvalue weighted by Crippen LogP contribution is 2.01. The topological polar surface area (TPSA) is 66.4 Å². The first kappa shape index (κ1) is 12.5. The highest BCUT2D eigenvalue weighted by molar-refractivity contribution is 5.93. The minimum absolute atomic E-state index is 0.0506. The fourth-order valence-electron chi connectivity index (χ4n) is 1.12. The van der Waals surface area contributed by atoms with Crippen molar-refractivity contribution >= 4 is 11.9 Å². The van der Waals surface area contributed by atoms with E-state index in [9.17, 15) is 9.59 Å². The Bertz CT molecular complexity index is 262. The van der Waals surface area contributed by atoms with E-state index in [0.717, 1.165) is 6.42 Å². The minimum Gasteiger partial charge on any atom is -0.481 e. The van der Waals surface area contributed by atoms with Gasteiger partial charge in [-0.15, -0.1) is 0 Å². The van der Waals surface area contributed by atoms with Crippen molar-refractivity contribution in [3.8, 4) is 11.8 Å². The van der Waals surface area contributed by atoms with Crippen molar-refractivity contribution in [2.24, 2.45) is 0 Å². The Balaban J connectivity index is 4.12. The molecule has 0 rings (SSSR count). The monoisotopic (exact) mass is 197 g/mol. The van der Waals surface area contributed by atoms with Crippen LogP contribution in [0.4, 0.5) is 0 Å². The molecule has 0 saturated carbocycles. The van der Waals surface area contributed by atoms with Gasteiger partial charge in [-0.25, -0.2) is 0 Å². The molecule has 0 bridgehead atoms. The molecule has 1 amide bonds. The van der Waals surface area contributed by atoms with Crippen LogP contribution in [0.15, 0.2) is 0 Å². The third kappa shape index (κ3) is 6.06. The Kier molecular flexibility index (Phi) is 6.21. The summed E-state index contributed by atoms with van der Waals surface area (Å²) in [6.07, 6.45) is 1.44. The van der Waals surface area contributed by atoms with E-state index in [4.69, 9.17) is 5.11 Å². The fraction of sp³-hybridized carbons (Fsp3) is 0.600. The molecule has 0 aliphatic heterocycles. The van der Waals surface area contributed by atoms with Crippen LogP contribution in [-0.4, -0.2) is 23.0 Å². The van der Waals surface area contributed by atoms with E-state index >= 15 is 0 Å². The molecule has 1 unspecified atom stereocenters. The lowest BCUT2D eigenvalue weighted by Gasteiger charge is -2.13. The van der Waals surface area contributed by atoms with Crippen molar-refractivity contribution in [2.75, 3.05) is 0 Å². The zero-order valence-corrected chi connectivity index (χ0v) is 8.46. The summed E-state index contributed by atoms with van der Waals surface area (Å²) in [6, 6.07) is -0.314. The summed E-state index contributed by atoms with van der Waals surface area (Å²) in [4.78, 5) is 21.5. The zero-order chi connectivity index (χ0) is 11.0. The van der Waals surface area contributed by atoms with Gasteiger partial charge in [-0.05, 0) is 19.3 Å². The Morgan fingerprint density at radius 1 is 1.50 bits per heavy atom. The smallest absolute Gasteiger partial charge is 0.305 e. The molecule has 14 heavy (non-hydrogen) atoms. The summed E-state index contributed by atoms with van der Waals surface area (Å²) < 4.78 is 0. The van der Waals surface area contributed by atoms with E-state index in [1.165, 1.54) is 0 Å². The van der Waals surface area contributed by atoms with Gasteiger partial charge in [0, 0.05) is 6.04 Å². The molecule has 2 N–H and O–H groups in total. The van der Waals surface area contributed by atoms with Gasteiger partial charge in [-0.2, -0.15) is 0 Å². The number of carboxylic acid groups (broad SMARTS) is 1. The second-order valence-electron chi connectivity index (χ2n) is 2.93. The third-order valence-electron chi connectivity index (χ3n) is 1.63. The van der Waals surface area contributed by atoms with Crippen molar-refractivity contribution in [1.29, 1.82) is 0 Å². The highest BCUT2D eigenvalue weighted by atomic mass is 16.4. The number of carbonyl (C=O) groups is 2. The fourth-order valence-corrected chi connectivity index (χ4v) is 1.12. The molecule has 0 aliphatic rings. The first-order chi connectivity index (χ1) is 6.60. The van der Waals surface area contributed by atoms with E-state index in [-0.39, 0.29) is 12.5 Å². The van der Waals surface area contributed by atoms with Crippen LogP contribution in [0.5, 0.6) is 0 Å². The SMILES string of the molecule is CC#CC(=O)NC(CCC)CC(=O)O. The Labute approximate surface area is 83.7 Å². The number of amides is 1. The van der Waals surface area contributed by atoms with Gasteiger partial charge < -0.3 is 10.4 Å². The van der Waals surface area contributed by atoms with Crippen LogP contribution < -0.4 is 5.32 Å². The Morgan fingerprint density at radius 2 is 2.14 bits per heavy atom. The molecule has 0 fully saturated rings. The third-order valence-corrected chi connectivity index (χ3v) is 1.63. The number of aliphatic carboxylic acids is 1. The molecule has 4 nitrogen and oxygen atoms in total. The van der Waals surface area contributed by atoms with Crippen molar-refractivity contribution in [1.82, 2.24) is 5.32 Å². The van der Waals surface area contributed by atoms with Gasteiger partial charge in [-0.3, -0.25) is 9.59 Å². The summed E-state index contributed by atoms with van der Waals surface area (Å²) >= 11 is 0. The maximum Gasteiger partial charge on any atom is 0.305 e. The molecule has 0 heterocycles. The van der Waals surface area contributed by atoms with Crippen LogP contribution >= 0.6 is 0 Å². The lowest BCUT2D eigenvalue weighted by Crippen LogP contribution is -2.35. The van der Waals surface area contributed by atoms with E-state index in [0.29, 0.717) is 6.42 Å². The van der Waals surface area contributed by atoms with Gasteiger partial charge in [0.15, 0.2) is 0 Å². The second-order valence-corrected chi connectivity index (χ2v) is 2.93. The molecule has 1 atom stereocenters. The number of hydrogen-bond donors (Lipinski definition) is 2. The van der Waals surface area contributed by atoms with Gasteiger partial charge >= 0.3 is 5.97 Å². The minimum atomic E-state index is -0.909. The van der Waals surface area contributed by atoms with Crippen LogP contribution in [0, 0.1) is 11.8 Å². The summed E-state index contributed by atoms with van der Waals surface area (Å²) in [7, 11) is 0. The van der Waals surface area contributed by atoms with Crippen molar-refractivity contribution in [2.45, 2.75) is 39.2 Å². The maximum absolute atomic E-state index is 11.0. The summed E-state index contributed by atoms with van der Waals surface area (Å²) in [5, 5.41) is 11.1. The molecule has 0 saturated heterocycles. The lowest BCUT2D eigenvalue weighted by molar-refractivity contribution is -0.137. The largest absolute Gasteiger partial charge is 0.481 e. The lowest BCUT2D eigenvalue weighted by atomic mass is 10.1. The summed E-state index contributed by atoms with van der Waals surface area (Å²) in [5.41, 5.74) is 0. The predicted molar refractivity (Wildman–Crippen MR) is 52.5 cm³/mol. The molecule has 0 aromatic rings. The van der Waals surface area contributed by atoms with Crippen LogP contribution in [0.1, 0.15) is 33.1 Å². The van der Waals surface area contributed by atoms with Gasteiger partial charge in [0.2, 0.25) is 0 Å². The number of carboxylic acids is 1. The van der Waals surface area contributed by atoms with Crippen LogP contribution in [0.25, 0.3) is 0 Å². The normalized spacial score (nSPS) is 11.0. The van der Waals surface area contributed by atoms with E-state index in [2.05, 4.69) is 17.2 Å². The first-order valence-electron chi connectivity index (χ1n) is 4.55. The van der Waals surface area contributed by atoms with Crippen molar-refractivity contribution in [3.63, 3.8) is 0 Å². The van der Waals surface area contributed by atoms with Gasteiger partial charge in [0.1, 0.15) is 0 Å². The molecule has 0 aromatic heterocycles. The van der Waals surface area contributed by atoms with Gasteiger partial charge in [0.25, 0.3) is 5.91 Å². The highest BCUT2D eigenvalue weighted by Gasteiger charge is 2.13. The Hall–Kier alpha value is -1.50. The van der Waals surface area contributed by atoms with E-state index < -0.39 is 11.9 Å². The van der Waals surface area contributed by atoms with E-state index in [1.54, 1.807) is 6.92 Å². The zero-order valence-electron chi connectivity index (χ0n) is 8.46. The molecule has 4 heteroatoms. The molecule has 78 valence electrons. The second kappa shape index (κ2) is 6.96. The molecular formula is C10H15NO3. The number of hydrogen-bond acceptors (Lipinski definition) is 2. The molecule has 0 radical (unpaired) electrons. The first-order valence-corrected chi connectivity index (χ1v) is 4.55. The maximum atomic E-state index is 11.0. The number of nitrogens with one attached hydrogen (secondary N) is 1. The molecular weight excluding hydrogens is 182 g/mol. The van der Waals surface area contributed by atoms with Gasteiger partial charge in [-0.1, -0.05) is 19.3 Å². The summed E-state index contributed by atoms with van der Waals surface area (Å²) in [6.45, 7) is 3.50. The Morgan fingerprint density at radius 3 is 2.57 bits per heavy atom. The van der Waals surface area contributed by atoms with Crippen molar-refractivity contribution < 1.29 is 14.7 Å². The number of carbonyl (C=O) groups excluding carboxylic acids is 1. The average Bonchev–Trinajstić information content (AvgIpc) is 2.03. The molecule has 0 aromatic carbocycles. The summed E-state index contributed by atoms with van der Waals surface area (Å²) in [5.74, 6) is 3.45. The van der Waals surface area contributed by atoms with Crippen LogP contribution in [-0.2, 0) is 9.59 Å². The van der Waals surface area contributed by atoms with E-state index in [1.807, 2.05) is 6.92 Å². The van der Waals surface area contributed by atoms with Crippen LogP contribution in [0.2, 0.25) is 0 Å².